The molecular weight excluding hydrogens is 296 g/mol. The molecule has 0 aromatic rings. The van der Waals surface area contributed by atoms with E-state index in [4.69, 9.17) is 17.3 Å². The van der Waals surface area contributed by atoms with Crippen LogP contribution in [0.1, 0.15) is 6.42 Å². The van der Waals surface area contributed by atoms with E-state index >= 15 is 0 Å². The second kappa shape index (κ2) is 5.92. The van der Waals surface area contributed by atoms with Gasteiger partial charge in [0.25, 0.3) is 0 Å². The summed E-state index contributed by atoms with van der Waals surface area (Å²) in [5.41, 5.74) is 0. The first-order valence-corrected chi connectivity index (χ1v) is 5.95. The summed E-state index contributed by atoms with van der Waals surface area (Å²) in [6.45, 7) is 0.458. The van der Waals surface area contributed by atoms with Crippen LogP contribution in [0.4, 0.5) is 0 Å². The van der Waals surface area contributed by atoms with Gasteiger partial charge in [-0.1, -0.05) is 22.6 Å². The standard InChI is InChI=1S/C8H13BINO3/c1-13-4-6-5(2-7(9)14-6)11-8(12)3-10/h5-7H,2-4H2,1H3,(H,11,12)/t5?,6-,7-/m1/s1. The lowest BCUT2D eigenvalue weighted by Gasteiger charge is -2.18. The van der Waals surface area contributed by atoms with Gasteiger partial charge in [0, 0.05) is 13.1 Å². The number of amides is 1. The van der Waals surface area contributed by atoms with Gasteiger partial charge in [-0.3, -0.25) is 4.79 Å². The summed E-state index contributed by atoms with van der Waals surface area (Å²) in [6, 6.07) is -0.318. The van der Waals surface area contributed by atoms with Crippen molar-refractivity contribution < 1.29 is 14.3 Å². The van der Waals surface area contributed by atoms with Gasteiger partial charge >= 0.3 is 0 Å². The fourth-order valence-electron chi connectivity index (χ4n) is 1.49. The molecule has 0 aliphatic carbocycles. The van der Waals surface area contributed by atoms with E-state index in [-0.39, 0.29) is 24.1 Å². The number of halogens is 1. The summed E-state index contributed by atoms with van der Waals surface area (Å²) in [6.07, 6.45) is 0.526. The number of ether oxygens (including phenoxy) is 2. The van der Waals surface area contributed by atoms with Crippen molar-refractivity contribution in [2.24, 2.45) is 0 Å². The zero-order valence-electron chi connectivity index (χ0n) is 8.03. The molecule has 1 fully saturated rings. The lowest BCUT2D eigenvalue weighted by atomic mass is 9.95. The lowest BCUT2D eigenvalue weighted by molar-refractivity contribution is -0.119. The molecule has 0 bridgehead atoms. The maximum atomic E-state index is 11.2. The minimum absolute atomic E-state index is 0.00871. The van der Waals surface area contributed by atoms with Gasteiger partial charge in [-0.2, -0.15) is 0 Å². The van der Waals surface area contributed by atoms with E-state index in [1.807, 2.05) is 22.6 Å². The fourth-order valence-corrected chi connectivity index (χ4v) is 1.71. The Kier molecular flexibility index (Phi) is 5.18. The Morgan fingerprint density at radius 1 is 1.79 bits per heavy atom. The topological polar surface area (TPSA) is 47.6 Å². The lowest BCUT2D eigenvalue weighted by Crippen LogP contribution is -2.42. The van der Waals surface area contributed by atoms with Crippen LogP contribution in [-0.2, 0) is 14.3 Å². The third kappa shape index (κ3) is 3.40. The van der Waals surface area contributed by atoms with E-state index in [2.05, 4.69) is 5.32 Å². The highest BCUT2D eigenvalue weighted by Crippen LogP contribution is 2.18. The summed E-state index contributed by atoms with van der Waals surface area (Å²) in [5.74, 6) is 0.00871. The van der Waals surface area contributed by atoms with Crippen molar-refractivity contribution in [1.82, 2.24) is 5.32 Å². The van der Waals surface area contributed by atoms with E-state index in [1.165, 1.54) is 0 Å². The molecule has 1 heterocycles. The Morgan fingerprint density at radius 2 is 2.50 bits per heavy atom. The van der Waals surface area contributed by atoms with E-state index in [0.29, 0.717) is 17.5 Å². The molecule has 0 aromatic heterocycles. The molecule has 6 heteroatoms. The third-order valence-corrected chi connectivity index (χ3v) is 2.78. The van der Waals surface area contributed by atoms with E-state index in [0.717, 1.165) is 0 Å². The van der Waals surface area contributed by atoms with Crippen molar-refractivity contribution >= 4 is 36.3 Å². The Labute approximate surface area is 98.6 Å². The summed E-state index contributed by atoms with van der Waals surface area (Å²) in [4.78, 5) is 11.2. The van der Waals surface area contributed by atoms with Crippen LogP contribution >= 0.6 is 22.6 Å². The average Bonchev–Trinajstić information content (AvgIpc) is 2.47. The molecule has 1 unspecified atom stereocenters. The Hall–Kier alpha value is 0.185. The predicted molar refractivity (Wildman–Crippen MR) is 61.7 cm³/mol. The van der Waals surface area contributed by atoms with E-state index in [9.17, 15) is 4.79 Å². The highest BCUT2D eigenvalue weighted by atomic mass is 127. The Balaban J connectivity index is 2.44. The maximum absolute atomic E-state index is 11.2. The van der Waals surface area contributed by atoms with Gasteiger partial charge in [-0.25, -0.2) is 0 Å². The first-order valence-electron chi connectivity index (χ1n) is 4.42. The molecule has 4 nitrogen and oxygen atoms in total. The summed E-state index contributed by atoms with van der Waals surface area (Å²) in [5, 5.41) is 2.86. The van der Waals surface area contributed by atoms with Crippen LogP contribution in [0.25, 0.3) is 0 Å². The first-order chi connectivity index (χ1) is 6.67. The van der Waals surface area contributed by atoms with Crippen molar-refractivity contribution in [1.29, 1.82) is 0 Å². The van der Waals surface area contributed by atoms with Gasteiger partial charge in [0.15, 0.2) is 0 Å². The van der Waals surface area contributed by atoms with Gasteiger partial charge in [-0.15, -0.1) is 0 Å². The molecule has 1 rings (SSSR count). The zero-order valence-corrected chi connectivity index (χ0v) is 10.2. The average molecular weight is 309 g/mol. The predicted octanol–water partition coefficient (Wildman–Crippen LogP) is -0.164. The van der Waals surface area contributed by atoms with Crippen LogP contribution in [0.15, 0.2) is 0 Å². The van der Waals surface area contributed by atoms with E-state index < -0.39 is 0 Å². The number of carbonyl (C=O) groups is 1. The number of rotatable bonds is 4. The quantitative estimate of drug-likeness (QED) is 0.446. The molecule has 1 aliphatic rings. The minimum atomic E-state index is -0.297. The largest absolute Gasteiger partial charge is 0.382 e. The third-order valence-electron chi connectivity index (χ3n) is 2.08. The molecule has 1 aliphatic heterocycles. The molecule has 0 spiro atoms. The summed E-state index contributed by atoms with van der Waals surface area (Å²) >= 11 is 2.02. The van der Waals surface area contributed by atoms with Crippen LogP contribution in [0.5, 0.6) is 0 Å². The Bertz CT molecular complexity index is 205. The SMILES string of the molecule is [B][C@H]1CC(NC(=O)CI)[C@@H](COC)O1. The van der Waals surface area contributed by atoms with Gasteiger partial charge in [0.05, 0.1) is 17.1 Å². The fraction of sp³-hybridized carbons (Fsp3) is 0.875. The first kappa shape index (κ1) is 12.3. The van der Waals surface area contributed by atoms with Crippen LogP contribution in [0.3, 0.4) is 0 Å². The van der Waals surface area contributed by atoms with Crippen LogP contribution in [-0.4, -0.2) is 50.0 Å². The van der Waals surface area contributed by atoms with Gasteiger partial charge < -0.3 is 14.8 Å². The Morgan fingerprint density at radius 3 is 3.07 bits per heavy atom. The molecule has 0 aromatic carbocycles. The molecule has 0 saturated carbocycles. The van der Waals surface area contributed by atoms with Crippen molar-refractivity contribution in [3.63, 3.8) is 0 Å². The number of alkyl halides is 1. The number of methoxy groups -OCH3 is 1. The second-order valence-corrected chi connectivity index (χ2v) is 3.97. The van der Waals surface area contributed by atoms with Crippen LogP contribution in [0, 0.1) is 0 Å². The summed E-state index contributed by atoms with van der Waals surface area (Å²) in [7, 11) is 7.23. The number of hydrogen-bond acceptors (Lipinski definition) is 3. The molecule has 3 atom stereocenters. The van der Waals surface area contributed by atoms with Crippen molar-refractivity contribution in [3.05, 3.63) is 0 Å². The molecule has 1 N–H and O–H groups in total. The van der Waals surface area contributed by atoms with Crippen molar-refractivity contribution in [2.45, 2.75) is 24.6 Å². The van der Waals surface area contributed by atoms with Gasteiger partial charge in [0.1, 0.15) is 14.0 Å². The number of nitrogens with one attached hydrogen (secondary N) is 1. The highest BCUT2D eigenvalue weighted by molar-refractivity contribution is 14.1. The highest BCUT2D eigenvalue weighted by Gasteiger charge is 2.33. The monoisotopic (exact) mass is 309 g/mol. The van der Waals surface area contributed by atoms with Gasteiger partial charge in [-0.05, 0) is 6.42 Å². The summed E-state index contributed by atoms with van der Waals surface area (Å²) < 4.78 is 10.8. The maximum Gasteiger partial charge on any atom is 0.230 e. The number of carbonyl (C=O) groups excluding carboxylic acids is 1. The molecule has 14 heavy (non-hydrogen) atoms. The molecule has 2 radical (unpaired) electrons. The molecular formula is C8H13BINO3. The van der Waals surface area contributed by atoms with Crippen LogP contribution in [0.2, 0.25) is 0 Å². The van der Waals surface area contributed by atoms with E-state index in [1.54, 1.807) is 7.11 Å². The minimum Gasteiger partial charge on any atom is -0.382 e. The number of hydrogen-bond donors (Lipinski definition) is 1. The van der Waals surface area contributed by atoms with Crippen molar-refractivity contribution in [3.8, 4) is 0 Å². The van der Waals surface area contributed by atoms with Crippen molar-refractivity contribution in [2.75, 3.05) is 18.1 Å². The zero-order chi connectivity index (χ0) is 10.6. The van der Waals surface area contributed by atoms with Crippen LogP contribution < -0.4 is 5.32 Å². The molecule has 1 saturated heterocycles. The molecule has 78 valence electrons. The smallest absolute Gasteiger partial charge is 0.230 e. The normalized spacial score (nSPS) is 31.7. The molecule has 1 amide bonds. The second-order valence-electron chi connectivity index (χ2n) is 3.21. The van der Waals surface area contributed by atoms with Gasteiger partial charge in [0.2, 0.25) is 5.91 Å².